The van der Waals surface area contributed by atoms with Crippen LogP contribution < -0.4 is 4.74 Å². The normalized spacial score (nSPS) is 18.5. The van der Waals surface area contributed by atoms with Crippen molar-refractivity contribution in [1.29, 1.82) is 5.26 Å². The molecule has 0 aliphatic carbocycles. The minimum Gasteiger partial charge on any atom is -0.454 e. The van der Waals surface area contributed by atoms with Crippen molar-refractivity contribution in [3.05, 3.63) is 124 Å². The first-order valence-corrected chi connectivity index (χ1v) is 16.3. The number of nitrogens with zero attached hydrogens (tertiary/aromatic N) is 5. The van der Waals surface area contributed by atoms with Crippen molar-refractivity contribution in [3.8, 4) is 17.6 Å². The van der Waals surface area contributed by atoms with Gasteiger partial charge in [-0.2, -0.15) is 5.26 Å². The predicted octanol–water partition coefficient (Wildman–Crippen LogP) is 7.58. The van der Waals surface area contributed by atoms with Gasteiger partial charge in [-0.25, -0.2) is 9.38 Å². The third-order valence-electron chi connectivity index (χ3n) is 8.89. The number of ether oxygens (including phenoxy) is 2. The van der Waals surface area contributed by atoms with Crippen LogP contribution in [0.1, 0.15) is 40.7 Å². The summed E-state index contributed by atoms with van der Waals surface area (Å²) in [6.45, 7) is 5.38. The van der Waals surface area contributed by atoms with Gasteiger partial charge in [-0.3, -0.25) is 0 Å². The van der Waals surface area contributed by atoms with Gasteiger partial charge in [0.1, 0.15) is 28.7 Å². The van der Waals surface area contributed by atoms with E-state index < -0.39 is 5.60 Å². The third kappa shape index (κ3) is 7.19. The lowest BCUT2D eigenvalue weighted by Crippen LogP contribution is -2.47. The number of aliphatic imine (C=N–C) groups is 1. The van der Waals surface area contributed by atoms with Crippen LogP contribution >= 0.6 is 11.6 Å². The van der Waals surface area contributed by atoms with E-state index in [1.807, 2.05) is 74.8 Å². The lowest BCUT2D eigenvalue weighted by Gasteiger charge is -2.34. The van der Waals surface area contributed by atoms with Gasteiger partial charge in [0.05, 0.1) is 23.8 Å². The van der Waals surface area contributed by atoms with Crippen LogP contribution in [0.2, 0.25) is 5.02 Å². The van der Waals surface area contributed by atoms with Crippen molar-refractivity contribution < 1.29 is 13.9 Å². The molecule has 3 aliphatic rings. The van der Waals surface area contributed by atoms with Crippen LogP contribution in [-0.2, 0) is 16.9 Å². The molecule has 0 saturated carbocycles. The Labute approximate surface area is 281 Å². The van der Waals surface area contributed by atoms with Crippen molar-refractivity contribution >= 4 is 23.1 Å². The zero-order valence-corrected chi connectivity index (χ0v) is 27.8. The molecule has 1 fully saturated rings. The van der Waals surface area contributed by atoms with Gasteiger partial charge in [-0.1, -0.05) is 41.9 Å². The van der Waals surface area contributed by atoms with Gasteiger partial charge < -0.3 is 24.2 Å². The van der Waals surface area contributed by atoms with E-state index in [2.05, 4.69) is 27.8 Å². The molecular weight excluding hydrogens is 613 g/mol. The van der Waals surface area contributed by atoms with Crippen LogP contribution in [0, 0.1) is 17.1 Å². The molecule has 1 atom stereocenters. The van der Waals surface area contributed by atoms with Crippen molar-refractivity contribution in [2.24, 2.45) is 4.99 Å². The summed E-state index contributed by atoms with van der Waals surface area (Å²) in [5.74, 6) is 2.28. The number of para-hydroxylation sites is 2. The molecule has 7 nitrogen and oxygen atoms in total. The van der Waals surface area contributed by atoms with Crippen LogP contribution in [0.5, 0.6) is 11.5 Å². The molecule has 4 aromatic carbocycles. The highest BCUT2D eigenvalue weighted by atomic mass is 35.5. The first-order chi connectivity index (χ1) is 22.8. The van der Waals surface area contributed by atoms with Crippen molar-refractivity contribution in [1.82, 2.24) is 14.7 Å². The second-order valence-corrected chi connectivity index (χ2v) is 12.9. The first-order valence-electron chi connectivity index (χ1n) is 15.9. The Kier molecular flexibility index (Phi) is 9.90. The van der Waals surface area contributed by atoms with Gasteiger partial charge in [0.25, 0.3) is 0 Å². The largest absolute Gasteiger partial charge is 0.454 e. The molecule has 1 saturated heterocycles. The van der Waals surface area contributed by atoms with Crippen molar-refractivity contribution in [2.45, 2.75) is 25.0 Å². The fraction of sp³-hybridized carbons (Fsp3) is 0.316. The van der Waals surface area contributed by atoms with E-state index in [0.29, 0.717) is 17.2 Å². The molecule has 4 aromatic rings. The maximum absolute atomic E-state index is 13.4. The summed E-state index contributed by atoms with van der Waals surface area (Å²) in [4.78, 5) is 11.7. The second-order valence-electron chi connectivity index (χ2n) is 12.4. The summed E-state index contributed by atoms with van der Waals surface area (Å²) >= 11 is 6.23. The predicted molar refractivity (Wildman–Crippen MR) is 184 cm³/mol. The Hall–Kier alpha value is -4.26. The average Bonchev–Trinajstić information content (AvgIpc) is 3.35. The summed E-state index contributed by atoms with van der Waals surface area (Å²) in [5.41, 5.74) is 4.99. The average molecular weight is 652 g/mol. The second kappa shape index (κ2) is 14.2. The number of amidine groups is 1. The van der Waals surface area contributed by atoms with Gasteiger partial charge in [0.2, 0.25) is 0 Å². The standard InChI is InChI=1S/C20H21FN2O.C18H18ClN3O/c1-23(2)11-3-10-20(17-5-7-18(21)8-6-17)19-9-4-15(13-22)12-16(19)14-24-20;1-21-8-10-22(11-9-21)18-14-12-13(19)6-7-16(14)23-17-5-3-2-4-15(17)20-18/h4-9,12H,3,10-11,14H2,1-2H3;2-7,12H,8-11H2,1H3/t20-;/m0./s1. The molecule has 9 heteroatoms. The van der Waals surface area contributed by atoms with E-state index in [-0.39, 0.29) is 5.82 Å². The van der Waals surface area contributed by atoms with E-state index in [0.717, 1.165) is 90.8 Å². The fourth-order valence-electron chi connectivity index (χ4n) is 6.36. The molecule has 0 unspecified atom stereocenters. The van der Waals surface area contributed by atoms with Crippen LogP contribution in [0.15, 0.2) is 89.9 Å². The van der Waals surface area contributed by atoms with Gasteiger partial charge in [0.15, 0.2) is 5.75 Å². The van der Waals surface area contributed by atoms with Crippen LogP contribution in [0.25, 0.3) is 0 Å². The Bertz CT molecular complexity index is 1800. The number of piperazine rings is 1. The summed E-state index contributed by atoms with van der Waals surface area (Å²) in [7, 11) is 6.25. The molecule has 0 spiro atoms. The monoisotopic (exact) mass is 651 g/mol. The Morgan fingerprint density at radius 2 is 1.72 bits per heavy atom. The molecule has 0 aromatic heterocycles. The number of benzene rings is 4. The Morgan fingerprint density at radius 1 is 0.957 bits per heavy atom. The van der Waals surface area contributed by atoms with E-state index in [9.17, 15) is 4.39 Å². The summed E-state index contributed by atoms with van der Waals surface area (Å²) in [6.07, 6.45) is 1.78. The zero-order chi connectivity index (χ0) is 33.0. The number of hydrogen-bond acceptors (Lipinski definition) is 7. The highest BCUT2D eigenvalue weighted by Gasteiger charge is 2.41. The molecule has 3 heterocycles. The van der Waals surface area contributed by atoms with Crippen LogP contribution in [-0.4, -0.2) is 74.4 Å². The number of nitriles is 1. The smallest absolute Gasteiger partial charge is 0.153 e. The van der Waals surface area contributed by atoms with Crippen LogP contribution in [0.3, 0.4) is 0 Å². The third-order valence-corrected chi connectivity index (χ3v) is 9.12. The molecule has 7 rings (SSSR count). The minimum absolute atomic E-state index is 0.250. The summed E-state index contributed by atoms with van der Waals surface area (Å²) < 4.78 is 25.7. The molecule has 242 valence electrons. The molecule has 0 radical (unpaired) electrons. The van der Waals surface area contributed by atoms with Crippen LogP contribution in [0.4, 0.5) is 10.1 Å². The molecule has 0 N–H and O–H groups in total. The maximum Gasteiger partial charge on any atom is 0.153 e. The minimum atomic E-state index is -0.562. The summed E-state index contributed by atoms with van der Waals surface area (Å²) in [5, 5.41) is 9.81. The number of rotatable bonds is 5. The Balaban J connectivity index is 0.000000164. The molecule has 0 bridgehead atoms. The van der Waals surface area contributed by atoms with Crippen molar-refractivity contribution in [2.75, 3.05) is 53.9 Å². The van der Waals surface area contributed by atoms with E-state index in [1.54, 1.807) is 12.1 Å². The fourth-order valence-corrected chi connectivity index (χ4v) is 6.53. The SMILES string of the molecule is CN(C)CCC[C@@]1(c2ccc(F)cc2)OCc2cc(C#N)ccc21.CN1CCN(C2=Nc3ccccc3Oc3ccc(Cl)cc32)CC1. The van der Waals surface area contributed by atoms with Gasteiger partial charge >= 0.3 is 0 Å². The maximum atomic E-state index is 13.4. The zero-order valence-electron chi connectivity index (χ0n) is 27.0. The summed E-state index contributed by atoms with van der Waals surface area (Å²) in [6, 6.07) is 28.1. The highest BCUT2D eigenvalue weighted by Crippen LogP contribution is 2.45. The van der Waals surface area contributed by atoms with E-state index >= 15 is 0 Å². The van der Waals surface area contributed by atoms with E-state index in [4.69, 9.17) is 31.3 Å². The molecule has 3 aliphatic heterocycles. The quantitative estimate of drug-likeness (QED) is 0.222. The number of halogens is 2. The topological polar surface area (TPSA) is 64.3 Å². The van der Waals surface area contributed by atoms with Gasteiger partial charge in [-0.05, 0) is 112 Å². The van der Waals surface area contributed by atoms with E-state index in [1.165, 1.54) is 12.1 Å². The highest BCUT2D eigenvalue weighted by molar-refractivity contribution is 6.31. The van der Waals surface area contributed by atoms with Gasteiger partial charge in [-0.15, -0.1) is 0 Å². The number of likely N-dealkylation sites (N-methyl/N-ethyl adjacent to an activating group) is 1. The lowest BCUT2D eigenvalue weighted by atomic mass is 9.81. The first kappa shape index (κ1) is 32.7. The van der Waals surface area contributed by atoms with Gasteiger partial charge in [0, 0.05) is 31.2 Å². The number of hydrogen-bond donors (Lipinski definition) is 0. The molecule has 47 heavy (non-hydrogen) atoms. The Morgan fingerprint density at radius 3 is 2.47 bits per heavy atom. The molecule has 0 amide bonds. The number of fused-ring (bicyclic) bond motifs is 3. The van der Waals surface area contributed by atoms with Crippen molar-refractivity contribution in [3.63, 3.8) is 0 Å². The molecular formula is C38H39ClFN5O2. The lowest BCUT2D eigenvalue weighted by molar-refractivity contribution is -0.0140.